The maximum Gasteiger partial charge on any atom is 0.164 e. The number of hydrogen-bond donors (Lipinski definition) is 0. The summed E-state index contributed by atoms with van der Waals surface area (Å²) in [5, 5.41) is 9.33. The topological polar surface area (TPSA) is 42.2 Å². The number of rotatable bonds is 4. The van der Waals surface area contributed by atoms with Crippen LogP contribution in [0.15, 0.2) is 6.07 Å². The quantitative estimate of drug-likeness (QED) is 0.811. The summed E-state index contributed by atoms with van der Waals surface area (Å²) >= 11 is 6.11. The van der Waals surface area contributed by atoms with Crippen LogP contribution >= 0.6 is 11.6 Å². The van der Waals surface area contributed by atoms with E-state index in [4.69, 9.17) is 26.3 Å². The molecule has 1 aromatic carbocycles. The average molecular weight is 240 g/mol. The van der Waals surface area contributed by atoms with Gasteiger partial charge in [-0.05, 0) is 12.0 Å². The summed E-state index contributed by atoms with van der Waals surface area (Å²) in [5.74, 6) is 1.27. The van der Waals surface area contributed by atoms with Crippen molar-refractivity contribution in [2.24, 2.45) is 0 Å². The average Bonchev–Trinajstić information content (AvgIpc) is 2.30. The lowest BCUT2D eigenvalue weighted by molar-refractivity contribution is 0.351. The molecule has 1 rings (SSSR count). The van der Waals surface area contributed by atoms with Crippen LogP contribution in [0.1, 0.15) is 18.1 Å². The second kappa shape index (κ2) is 5.62. The zero-order valence-corrected chi connectivity index (χ0v) is 10.4. The van der Waals surface area contributed by atoms with Gasteiger partial charge < -0.3 is 9.47 Å². The van der Waals surface area contributed by atoms with Gasteiger partial charge in [-0.15, -0.1) is 0 Å². The number of nitriles is 1. The fourth-order valence-electron chi connectivity index (χ4n) is 1.72. The molecule has 0 unspecified atom stereocenters. The minimum atomic E-state index is 0.280. The smallest absolute Gasteiger partial charge is 0.164 e. The molecule has 16 heavy (non-hydrogen) atoms. The molecule has 0 bridgehead atoms. The maximum absolute atomic E-state index is 8.77. The van der Waals surface area contributed by atoms with Gasteiger partial charge in [-0.25, -0.2) is 0 Å². The number of nitrogens with zero attached hydrogens (tertiary/aromatic N) is 1. The van der Waals surface area contributed by atoms with E-state index < -0.39 is 0 Å². The predicted molar refractivity (Wildman–Crippen MR) is 63.3 cm³/mol. The molecule has 4 heteroatoms. The maximum atomic E-state index is 8.77. The highest BCUT2D eigenvalue weighted by atomic mass is 35.5. The van der Waals surface area contributed by atoms with Gasteiger partial charge in [0.2, 0.25) is 0 Å². The van der Waals surface area contributed by atoms with E-state index in [0.29, 0.717) is 16.5 Å². The summed E-state index contributed by atoms with van der Waals surface area (Å²) in [7, 11) is 3.15. The Morgan fingerprint density at radius 1 is 1.31 bits per heavy atom. The molecule has 1 aromatic rings. The van der Waals surface area contributed by atoms with E-state index in [1.807, 2.05) is 6.92 Å². The van der Waals surface area contributed by atoms with Gasteiger partial charge >= 0.3 is 0 Å². The molecule has 3 nitrogen and oxygen atoms in total. The molecule has 0 atom stereocenters. The van der Waals surface area contributed by atoms with Gasteiger partial charge in [-0.3, -0.25) is 0 Å². The SMILES string of the molecule is CCc1c(CC#N)c(Cl)cc(OC)c1OC. The van der Waals surface area contributed by atoms with E-state index in [-0.39, 0.29) is 6.42 Å². The largest absolute Gasteiger partial charge is 0.493 e. The van der Waals surface area contributed by atoms with Gasteiger partial charge in [0.1, 0.15) is 0 Å². The van der Waals surface area contributed by atoms with Gasteiger partial charge in [0.25, 0.3) is 0 Å². The lowest BCUT2D eigenvalue weighted by Gasteiger charge is -2.16. The Labute approximate surface area is 101 Å². The van der Waals surface area contributed by atoms with Crippen molar-refractivity contribution in [1.29, 1.82) is 5.26 Å². The Bertz CT molecular complexity index is 424. The standard InChI is InChI=1S/C12H14ClNO2/c1-4-8-9(5-6-14)10(13)7-11(15-2)12(8)16-3/h7H,4-5H2,1-3H3. The molecular weight excluding hydrogens is 226 g/mol. The van der Waals surface area contributed by atoms with Crippen molar-refractivity contribution in [3.8, 4) is 17.6 Å². The second-order valence-electron chi connectivity index (χ2n) is 3.24. The molecule has 0 heterocycles. The molecule has 0 saturated carbocycles. The van der Waals surface area contributed by atoms with Crippen molar-refractivity contribution in [2.75, 3.05) is 14.2 Å². The zero-order chi connectivity index (χ0) is 12.1. The molecule has 0 spiro atoms. The van der Waals surface area contributed by atoms with Crippen LogP contribution in [0.25, 0.3) is 0 Å². The van der Waals surface area contributed by atoms with Gasteiger partial charge in [0.15, 0.2) is 11.5 Å². The van der Waals surface area contributed by atoms with E-state index in [1.165, 1.54) is 0 Å². The number of ether oxygens (including phenoxy) is 2. The Morgan fingerprint density at radius 3 is 2.44 bits per heavy atom. The lowest BCUT2D eigenvalue weighted by atomic mass is 10.0. The molecule has 0 aliphatic carbocycles. The van der Waals surface area contributed by atoms with E-state index in [0.717, 1.165) is 17.5 Å². The van der Waals surface area contributed by atoms with E-state index >= 15 is 0 Å². The normalized spacial score (nSPS) is 9.69. The monoisotopic (exact) mass is 239 g/mol. The molecule has 0 aliphatic rings. The molecule has 0 fully saturated rings. The molecule has 0 N–H and O–H groups in total. The van der Waals surface area contributed by atoms with Crippen molar-refractivity contribution in [1.82, 2.24) is 0 Å². The van der Waals surface area contributed by atoms with E-state index in [1.54, 1.807) is 20.3 Å². The molecule has 0 aliphatic heterocycles. The Balaban J connectivity index is 3.46. The first-order valence-corrected chi connectivity index (χ1v) is 5.36. The fourth-order valence-corrected chi connectivity index (χ4v) is 2.00. The highest BCUT2D eigenvalue weighted by Crippen LogP contribution is 2.38. The highest BCUT2D eigenvalue weighted by molar-refractivity contribution is 6.31. The third-order valence-corrected chi connectivity index (χ3v) is 2.78. The minimum absolute atomic E-state index is 0.280. The summed E-state index contributed by atoms with van der Waals surface area (Å²) in [6.07, 6.45) is 1.03. The van der Waals surface area contributed by atoms with Crippen LogP contribution in [0.4, 0.5) is 0 Å². The first-order chi connectivity index (χ1) is 7.69. The molecule has 0 saturated heterocycles. The molecule has 0 amide bonds. The van der Waals surface area contributed by atoms with Gasteiger partial charge in [-0.1, -0.05) is 18.5 Å². The second-order valence-corrected chi connectivity index (χ2v) is 3.65. The number of methoxy groups -OCH3 is 2. The van der Waals surface area contributed by atoms with E-state index in [2.05, 4.69) is 6.07 Å². The third kappa shape index (κ3) is 2.23. The summed E-state index contributed by atoms with van der Waals surface area (Å²) in [5.41, 5.74) is 1.76. The summed E-state index contributed by atoms with van der Waals surface area (Å²) in [4.78, 5) is 0. The molecular formula is C12H14ClNO2. The molecule has 0 radical (unpaired) electrons. The molecule has 86 valence electrons. The summed E-state index contributed by atoms with van der Waals surface area (Å²) in [6.45, 7) is 1.99. The lowest BCUT2D eigenvalue weighted by Crippen LogP contribution is -2.01. The summed E-state index contributed by atoms with van der Waals surface area (Å²) in [6, 6.07) is 3.79. The van der Waals surface area contributed by atoms with Crippen LogP contribution in [0.5, 0.6) is 11.5 Å². The van der Waals surface area contributed by atoms with Crippen molar-refractivity contribution >= 4 is 11.6 Å². The van der Waals surface area contributed by atoms with Crippen molar-refractivity contribution in [2.45, 2.75) is 19.8 Å². The van der Waals surface area contributed by atoms with Crippen LogP contribution in [0.2, 0.25) is 5.02 Å². The van der Waals surface area contributed by atoms with Gasteiger partial charge in [0, 0.05) is 16.7 Å². The Morgan fingerprint density at radius 2 is 2.00 bits per heavy atom. The van der Waals surface area contributed by atoms with Crippen LogP contribution in [-0.2, 0) is 12.8 Å². The minimum Gasteiger partial charge on any atom is -0.493 e. The van der Waals surface area contributed by atoms with Crippen LogP contribution in [0.3, 0.4) is 0 Å². The van der Waals surface area contributed by atoms with Crippen molar-refractivity contribution < 1.29 is 9.47 Å². The highest BCUT2D eigenvalue weighted by Gasteiger charge is 2.16. The zero-order valence-electron chi connectivity index (χ0n) is 9.63. The predicted octanol–water partition coefficient (Wildman–Crippen LogP) is 2.99. The van der Waals surface area contributed by atoms with Crippen LogP contribution in [0, 0.1) is 11.3 Å². The first-order valence-electron chi connectivity index (χ1n) is 4.98. The van der Waals surface area contributed by atoms with Gasteiger partial charge in [-0.2, -0.15) is 5.26 Å². The summed E-state index contributed by atoms with van der Waals surface area (Å²) < 4.78 is 10.5. The Kier molecular flexibility index (Phi) is 4.45. The van der Waals surface area contributed by atoms with Crippen LogP contribution in [-0.4, -0.2) is 14.2 Å². The van der Waals surface area contributed by atoms with Crippen LogP contribution < -0.4 is 9.47 Å². The number of halogens is 1. The van der Waals surface area contributed by atoms with E-state index in [9.17, 15) is 0 Å². The fraction of sp³-hybridized carbons (Fsp3) is 0.417. The van der Waals surface area contributed by atoms with Crippen molar-refractivity contribution in [3.05, 3.63) is 22.2 Å². The van der Waals surface area contributed by atoms with Gasteiger partial charge in [0.05, 0.1) is 26.7 Å². The number of benzene rings is 1. The third-order valence-electron chi connectivity index (χ3n) is 2.44. The Hall–Kier alpha value is -1.40. The molecule has 0 aromatic heterocycles. The first kappa shape index (κ1) is 12.7. The van der Waals surface area contributed by atoms with Crippen molar-refractivity contribution in [3.63, 3.8) is 0 Å². The number of hydrogen-bond acceptors (Lipinski definition) is 3.